The Morgan fingerprint density at radius 1 is 0.741 bits per heavy atom. The first-order chi connectivity index (χ1) is 13.3. The van der Waals surface area contributed by atoms with Gasteiger partial charge in [0.25, 0.3) is 0 Å². The van der Waals surface area contributed by atoms with E-state index in [1.165, 1.54) is 83.6 Å². The number of amides is 1. The third kappa shape index (κ3) is 9.43. The van der Waals surface area contributed by atoms with Crippen molar-refractivity contribution in [3.05, 3.63) is 0 Å². The van der Waals surface area contributed by atoms with E-state index in [1.807, 2.05) is 0 Å². The quantitative estimate of drug-likeness (QED) is 0.772. The van der Waals surface area contributed by atoms with Crippen LogP contribution in [0.25, 0.3) is 0 Å². The first-order valence-electron chi connectivity index (χ1n) is 12.0. The van der Waals surface area contributed by atoms with Crippen molar-refractivity contribution in [2.45, 2.75) is 109 Å². The summed E-state index contributed by atoms with van der Waals surface area (Å²) in [7, 11) is 0. The number of nitrogens with zero attached hydrogens (tertiary/aromatic N) is 2. The molecule has 27 heavy (non-hydrogen) atoms. The summed E-state index contributed by atoms with van der Waals surface area (Å²) >= 11 is 0. The molecule has 0 spiro atoms. The van der Waals surface area contributed by atoms with Gasteiger partial charge < -0.3 is 15.5 Å². The summed E-state index contributed by atoms with van der Waals surface area (Å²) in [5, 5.41) is 0. The molecule has 0 aromatic rings. The maximum atomic E-state index is 12.7. The summed E-state index contributed by atoms with van der Waals surface area (Å²) in [5.41, 5.74) is 5.70. The highest BCUT2D eigenvalue weighted by atomic mass is 16.2. The van der Waals surface area contributed by atoms with E-state index in [9.17, 15) is 4.79 Å². The van der Waals surface area contributed by atoms with Gasteiger partial charge in [0.15, 0.2) is 0 Å². The second-order valence-electron chi connectivity index (χ2n) is 8.78. The molecule has 0 bridgehead atoms. The highest BCUT2D eigenvalue weighted by Crippen LogP contribution is 2.23. The largest absolute Gasteiger partial charge is 0.343 e. The number of carbonyl (C=O) groups excluding carboxylic acids is 1. The van der Waals surface area contributed by atoms with E-state index in [4.69, 9.17) is 5.73 Å². The molecule has 0 radical (unpaired) electrons. The van der Waals surface area contributed by atoms with Crippen LogP contribution in [0.4, 0.5) is 0 Å². The second kappa shape index (κ2) is 14.4. The first-order valence-corrected chi connectivity index (χ1v) is 12.0. The van der Waals surface area contributed by atoms with Crippen LogP contribution in [0.2, 0.25) is 0 Å². The number of piperidine rings is 1. The van der Waals surface area contributed by atoms with Crippen LogP contribution < -0.4 is 5.73 Å². The van der Waals surface area contributed by atoms with E-state index < -0.39 is 0 Å². The molecule has 2 aliphatic rings. The third-order valence-corrected chi connectivity index (χ3v) is 6.54. The minimum atomic E-state index is 0.361. The lowest BCUT2D eigenvalue weighted by molar-refractivity contribution is -0.131. The molecule has 1 atom stereocenters. The van der Waals surface area contributed by atoms with Crippen LogP contribution in [0.1, 0.15) is 103 Å². The smallest absolute Gasteiger partial charge is 0.222 e. The van der Waals surface area contributed by atoms with Crippen molar-refractivity contribution >= 4 is 5.91 Å². The van der Waals surface area contributed by atoms with E-state index in [0.29, 0.717) is 12.5 Å². The number of carbonyl (C=O) groups is 1. The molecule has 2 fully saturated rings. The number of nitrogens with two attached hydrogens (primary N) is 1. The van der Waals surface area contributed by atoms with Crippen molar-refractivity contribution < 1.29 is 4.79 Å². The SMILES string of the molecule is NCCCN1CCCN2CCCC[C@@H]2CCCCCCCCCCCC1=O. The van der Waals surface area contributed by atoms with Crippen molar-refractivity contribution in [1.82, 2.24) is 9.80 Å². The fourth-order valence-electron chi connectivity index (χ4n) is 4.84. The molecule has 4 nitrogen and oxygen atoms in total. The van der Waals surface area contributed by atoms with E-state index in [0.717, 1.165) is 51.4 Å². The normalized spacial score (nSPS) is 26.2. The average molecular weight is 380 g/mol. The van der Waals surface area contributed by atoms with Gasteiger partial charge in [0, 0.05) is 32.1 Å². The molecule has 2 heterocycles. The predicted octanol–water partition coefficient (Wildman–Crippen LogP) is 4.71. The van der Waals surface area contributed by atoms with Crippen LogP contribution >= 0.6 is 0 Å². The van der Waals surface area contributed by atoms with Gasteiger partial charge in [-0.3, -0.25) is 4.79 Å². The summed E-state index contributed by atoms with van der Waals surface area (Å²) in [6, 6.07) is 0.797. The molecule has 158 valence electrons. The summed E-state index contributed by atoms with van der Waals surface area (Å²) < 4.78 is 0. The van der Waals surface area contributed by atoms with Crippen LogP contribution in [-0.4, -0.2) is 54.5 Å². The molecule has 4 heteroatoms. The molecule has 0 aliphatic carbocycles. The maximum Gasteiger partial charge on any atom is 0.222 e. The molecule has 0 unspecified atom stereocenters. The zero-order valence-electron chi connectivity index (χ0n) is 17.8. The molecule has 2 N–H and O–H groups in total. The molecule has 0 aromatic carbocycles. The van der Waals surface area contributed by atoms with Gasteiger partial charge >= 0.3 is 0 Å². The number of hydrogen-bond acceptors (Lipinski definition) is 3. The first kappa shape index (κ1) is 22.7. The lowest BCUT2D eigenvalue weighted by atomic mass is 9.96. The van der Waals surface area contributed by atoms with Gasteiger partial charge in [0.05, 0.1) is 0 Å². The minimum Gasteiger partial charge on any atom is -0.343 e. The van der Waals surface area contributed by atoms with Gasteiger partial charge in [-0.15, -0.1) is 0 Å². The summed E-state index contributed by atoms with van der Waals surface area (Å²) in [5.74, 6) is 0.361. The zero-order valence-corrected chi connectivity index (χ0v) is 17.8. The lowest BCUT2D eigenvalue weighted by Gasteiger charge is -2.36. The summed E-state index contributed by atoms with van der Waals surface area (Å²) in [4.78, 5) is 17.5. The summed E-state index contributed by atoms with van der Waals surface area (Å²) in [6.07, 6.45) is 20.3. The van der Waals surface area contributed by atoms with Gasteiger partial charge in [0.2, 0.25) is 5.91 Å². The topological polar surface area (TPSA) is 49.6 Å². The fourth-order valence-corrected chi connectivity index (χ4v) is 4.84. The molecule has 0 aromatic heterocycles. The Bertz CT molecular complexity index is 388. The van der Waals surface area contributed by atoms with Crippen molar-refractivity contribution in [2.75, 3.05) is 32.7 Å². The summed E-state index contributed by atoms with van der Waals surface area (Å²) in [6.45, 7) is 4.87. The number of rotatable bonds is 3. The van der Waals surface area contributed by atoms with Crippen LogP contribution in [0.15, 0.2) is 0 Å². The molecule has 0 saturated carbocycles. The van der Waals surface area contributed by atoms with E-state index in [2.05, 4.69) is 9.80 Å². The number of fused-ring (bicyclic) bond motifs is 1. The molecular weight excluding hydrogens is 334 g/mol. The Morgan fingerprint density at radius 2 is 1.33 bits per heavy atom. The Balaban J connectivity index is 1.87. The molecule has 2 rings (SSSR count). The average Bonchev–Trinajstić information content (AvgIpc) is 2.68. The maximum absolute atomic E-state index is 12.7. The highest BCUT2D eigenvalue weighted by molar-refractivity contribution is 5.76. The lowest BCUT2D eigenvalue weighted by Crippen LogP contribution is -2.42. The van der Waals surface area contributed by atoms with Crippen LogP contribution in [0.5, 0.6) is 0 Å². The number of hydrogen-bond donors (Lipinski definition) is 1. The van der Waals surface area contributed by atoms with Crippen molar-refractivity contribution in [2.24, 2.45) is 5.73 Å². The highest BCUT2D eigenvalue weighted by Gasteiger charge is 2.22. The monoisotopic (exact) mass is 379 g/mol. The van der Waals surface area contributed by atoms with E-state index in [-0.39, 0.29) is 0 Å². The Labute approximate surface area is 168 Å². The van der Waals surface area contributed by atoms with Crippen LogP contribution in [0, 0.1) is 0 Å². The minimum absolute atomic E-state index is 0.361. The van der Waals surface area contributed by atoms with Crippen molar-refractivity contribution in [3.8, 4) is 0 Å². The molecule has 2 aliphatic heterocycles. The Kier molecular flexibility index (Phi) is 12.1. The van der Waals surface area contributed by atoms with Gasteiger partial charge in [-0.05, 0) is 51.6 Å². The molecule has 1 amide bonds. The predicted molar refractivity (Wildman–Crippen MR) is 115 cm³/mol. The fraction of sp³-hybridized carbons (Fsp3) is 0.957. The zero-order chi connectivity index (χ0) is 19.2. The standard InChI is InChI=1S/C23H45N3O/c24-17-12-19-26-21-13-20-25-18-11-10-15-22(25)14-8-6-4-2-1-3-5-7-9-16-23(26)27/h22H,1-21,24H2/t22-/m0/s1. The Morgan fingerprint density at radius 3 is 2.04 bits per heavy atom. The molecular formula is C23H45N3O. The van der Waals surface area contributed by atoms with Gasteiger partial charge in [-0.2, -0.15) is 0 Å². The second-order valence-corrected chi connectivity index (χ2v) is 8.78. The van der Waals surface area contributed by atoms with Crippen LogP contribution in [-0.2, 0) is 4.79 Å². The van der Waals surface area contributed by atoms with E-state index >= 15 is 0 Å². The van der Waals surface area contributed by atoms with Gasteiger partial charge in [-0.1, -0.05) is 57.8 Å². The third-order valence-electron chi connectivity index (χ3n) is 6.54. The van der Waals surface area contributed by atoms with Gasteiger partial charge in [-0.25, -0.2) is 0 Å². The van der Waals surface area contributed by atoms with Crippen molar-refractivity contribution in [3.63, 3.8) is 0 Å². The Hall–Kier alpha value is -0.610. The van der Waals surface area contributed by atoms with Crippen LogP contribution in [0.3, 0.4) is 0 Å². The van der Waals surface area contributed by atoms with Crippen molar-refractivity contribution in [1.29, 1.82) is 0 Å². The van der Waals surface area contributed by atoms with E-state index in [1.54, 1.807) is 0 Å². The van der Waals surface area contributed by atoms with Gasteiger partial charge in [0.1, 0.15) is 0 Å². The molecule has 2 saturated heterocycles.